The molecule has 0 spiro atoms. The molecule has 1 aromatic rings. The Balaban J connectivity index is 1.88. The molecule has 1 amide bonds. The number of amides is 1. The first kappa shape index (κ1) is 15.6. The smallest absolute Gasteiger partial charge is 0.237 e. The summed E-state index contributed by atoms with van der Waals surface area (Å²) in [6.45, 7) is 3.87. The summed E-state index contributed by atoms with van der Waals surface area (Å²) in [5.74, 6) is -0.0790. The van der Waals surface area contributed by atoms with Crippen molar-refractivity contribution in [1.29, 1.82) is 0 Å². The van der Waals surface area contributed by atoms with Gasteiger partial charge in [0.05, 0.1) is 16.0 Å². The third-order valence-electron chi connectivity index (χ3n) is 3.14. The molecule has 3 nitrogen and oxygen atoms in total. The van der Waals surface area contributed by atoms with Crippen LogP contribution in [0, 0.1) is 0 Å². The van der Waals surface area contributed by atoms with Crippen molar-refractivity contribution in [3.8, 4) is 0 Å². The van der Waals surface area contributed by atoms with E-state index in [-0.39, 0.29) is 11.2 Å². The molecule has 0 unspecified atom stereocenters. The number of thiocarbonyl (C=S) groups is 1. The van der Waals surface area contributed by atoms with Gasteiger partial charge in [0, 0.05) is 13.1 Å². The standard InChI is InChI=1S/C14H17ClN2OS2/c1-10(20-14(19)17-8-4-5-9-17)13(18)16-12-7-3-2-6-11(12)15/h2-3,6-7,10H,4-5,8-9H2,1H3,(H,16,18)/t10-/m0/s1. The Kier molecular flexibility index (Phi) is 5.69. The van der Waals surface area contributed by atoms with Crippen LogP contribution < -0.4 is 5.32 Å². The van der Waals surface area contributed by atoms with Crippen molar-refractivity contribution >= 4 is 51.5 Å². The average Bonchev–Trinajstić information content (AvgIpc) is 2.95. The van der Waals surface area contributed by atoms with E-state index in [2.05, 4.69) is 10.2 Å². The molecule has 1 atom stereocenters. The number of carbonyl (C=O) groups excluding carboxylic acids is 1. The summed E-state index contributed by atoms with van der Waals surface area (Å²) >= 11 is 12.8. The first-order valence-electron chi connectivity index (χ1n) is 6.59. The Morgan fingerprint density at radius 1 is 1.40 bits per heavy atom. The lowest BCUT2D eigenvalue weighted by molar-refractivity contribution is -0.115. The van der Waals surface area contributed by atoms with Gasteiger partial charge in [-0.3, -0.25) is 4.79 Å². The van der Waals surface area contributed by atoms with Crippen molar-refractivity contribution in [1.82, 2.24) is 4.90 Å². The van der Waals surface area contributed by atoms with Crippen molar-refractivity contribution in [3.63, 3.8) is 0 Å². The van der Waals surface area contributed by atoms with Crippen LogP contribution in [0.25, 0.3) is 0 Å². The summed E-state index contributed by atoms with van der Waals surface area (Å²) in [4.78, 5) is 14.3. The van der Waals surface area contributed by atoms with Gasteiger partial charge in [-0.15, -0.1) is 0 Å². The quantitative estimate of drug-likeness (QED) is 0.856. The van der Waals surface area contributed by atoms with Crippen LogP contribution in [0.1, 0.15) is 19.8 Å². The lowest BCUT2D eigenvalue weighted by atomic mass is 10.3. The highest BCUT2D eigenvalue weighted by atomic mass is 35.5. The first-order chi connectivity index (χ1) is 9.58. The molecule has 0 saturated carbocycles. The number of benzene rings is 1. The van der Waals surface area contributed by atoms with E-state index in [0.29, 0.717) is 10.7 Å². The maximum Gasteiger partial charge on any atom is 0.237 e. The minimum atomic E-state index is -0.237. The van der Waals surface area contributed by atoms with Crippen molar-refractivity contribution in [2.45, 2.75) is 25.0 Å². The number of carbonyl (C=O) groups is 1. The zero-order valence-electron chi connectivity index (χ0n) is 11.3. The van der Waals surface area contributed by atoms with Gasteiger partial charge in [0.15, 0.2) is 0 Å². The van der Waals surface area contributed by atoms with Crippen LogP contribution in [0.5, 0.6) is 0 Å². The van der Waals surface area contributed by atoms with Crippen LogP contribution >= 0.6 is 35.6 Å². The molecule has 108 valence electrons. The van der Waals surface area contributed by atoms with Gasteiger partial charge in [-0.05, 0) is 31.9 Å². The number of anilines is 1. The maximum atomic E-state index is 12.1. The molecule has 2 rings (SSSR count). The van der Waals surface area contributed by atoms with Gasteiger partial charge in [-0.25, -0.2) is 0 Å². The van der Waals surface area contributed by atoms with Gasteiger partial charge in [-0.2, -0.15) is 0 Å². The third-order valence-corrected chi connectivity index (χ3v) is 5.05. The van der Waals surface area contributed by atoms with E-state index in [4.69, 9.17) is 23.8 Å². The maximum absolute atomic E-state index is 12.1. The average molecular weight is 329 g/mol. The molecule has 1 fully saturated rings. The van der Waals surface area contributed by atoms with Gasteiger partial charge >= 0.3 is 0 Å². The lowest BCUT2D eigenvalue weighted by Crippen LogP contribution is -2.29. The molecule has 1 aromatic carbocycles. The summed E-state index contributed by atoms with van der Waals surface area (Å²) < 4.78 is 0.810. The van der Waals surface area contributed by atoms with Crippen molar-refractivity contribution in [2.24, 2.45) is 0 Å². The largest absolute Gasteiger partial charge is 0.358 e. The molecule has 1 aliphatic rings. The zero-order chi connectivity index (χ0) is 14.5. The van der Waals surface area contributed by atoms with Crippen LogP contribution in [0.4, 0.5) is 5.69 Å². The Bertz CT molecular complexity index is 504. The summed E-state index contributed by atoms with van der Waals surface area (Å²) in [6, 6.07) is 7.22. The SMILES string of the molecule is C[C@H](SC(=S)N1CCCC1)C(=O)Nc1ccccc1Cl. The Morgan fingerprint density at radius 2 is 2.05 bits per heavy atom. The number of thioether (sulfide) groups is 1. The first-order valence-corrected chi connectivity index (χ1v) is 8.25. The van der Waals surface area contributed by atoms with E-state index >= 15 is 0 Å². The Hall–Kier alpha value is -0.780. The van der Waals surface area contributed by atoms with Crippen molar-refractivity contribution in [2.75, 3.05) is 18.4 Å². The number of halogens is 1. The number of hydrogen-bond acceptors (Lipinski definition) is 3. The second-order valence-corrected chi connectivity index (χ2v) is 7.07. The van der Waals surface area contributed by atoms with Crippen LogP contribution in [0.15, 0.2) is 24.3 Å². The molecular formula is C14H17ClN2OS2. The minimum Gasteiger partial charge on any atom is -0.358 e. The monoisotopic (exact) mass is 328 g/mol. The fraction of sp³-hybridized carbons (Fsp3) is 0.429. The highest BCUT2D eigenvalue weighted by Crippen LogP contribution is 2.24. The van der Waals surface area contributed by atoms with Gasteiger partial charge < -0.3 is 10.2 Å². The third kappa shape index (κ3) is 4.11. The highest BCUT2D eigenvalue weighted by molar-refractivity contribution is 8.23. The van der Waals surface area contributed by atoms with Crippen LogP contribution in [-0.2, 0) is 4.79 Å². The Labute approximate surface area is 134 Å². The number of nitrogens with zero attached hydrogens (tertiary/aromatic N) is 1. The van der Waals surface area contributed by atoms with E-state index in [1.807, 2.05) is 19.1 Å². The van der Waals surface area contributed by atoms with Crippen molar-refractivity contribution in [3.05, 3.63) is 29.3 Å². The normalized spacial score (nSPS) is 16.0. The van der Waals surface area contributed by atoms with E-state index in [9.17, 15) is 4.79 Å². The molecule has 20 heavy (non-hydrogen) atoms. The van der Waals surface area contributed by atoms with E-state index in [0.717, 1.165) is 17.4 Å². The second kappa shape index (κ2) is 7.29. The predicted molar refractivity (Wildman–Crippen MR) is 90.5 cm³/mol. The number of likely N-dealkylation sites (tertiary alicyclic amines) is 1. The van der Waals surface area contributed by atoms with Crippen molar-refractivity contribution < 1.29 is 4.79 Å². The van der Waals surface area contributed by atoms with E-state index < -0.39 is 0 Å². The van der Waals surface area contributed by atoms with E-state index in [1.54, 1.807) is 12.1 Å². The fourth-order valence-electron chi connectivity index (χ4n) is 1.98. The van der Waals surface area contributed by atoms with Crippen LogP contribution in [0.2, 0.25) is 5.02 Å². The van der Waals surface area contributed by atoms with Gasteiger partial charge in [-0.1, -0.05) is 47.7 Å². The summed E-state index contributed by atoms with van der Waals surface area (Å²) in [5.41, 5.74) is 0.638. The molecule has 0 aliphatic carbocycles. The number of hydrogen-bond donors (Lipinski definition) is 1. The van der Waals surface area contributed by atoms with Gasteiger partial charge in [0.25, 0.3) is 0 Å². The number of rotatable bonds is 3. The molecule has 0 bridgehead atoms. The molecule has 0 radical (unpaired) electrons. The predicted octanol–water partition coefficient (Wildman–Crippen LogP) is 3.78. The van der Waals surface area contributed by atoms with Crippen LogP contribution in [0.3, 0.4) is 0 Å². The molecule has 1 saturated heterocycles. The lowest BCUT2D eigenvalue weighted by Gasteiger charge is -2.20. The van der Waals surface area contributed by atoms with Gasteiger partial charge in [0.1, 0.15) is 4.32 Å². The molecule has 1 aliphatic heterocycles. The zero-order valence-corrected chi connectivity index (χ0v) is 13.7. The topological polar surface area (TPSA) is 32.3 Å². The molecule has 6 heteroatoms. The molecule has 0 aromatic heterocycles. The van der Waals surface area contributed by atoms with E-state index in [1.165, 1.54) is 24.6 Å². The van der Waals surface area contributed by atoms with Gasteiger partial charge in [0.2, 0.25) is 5.91 Å². The number of nitrogens with one attached hydrogen (secondary N) is 1. The second-order valence-electron chi connectivity index (χ2n) is 4.69. The molecule has 1 N–H and O–H groups in total. The minimum absolute atomic E-state index is 0.0790. The van der Waals surface area contributed by atoms with Crippen LogP contribution in [-0.4, -0.2) is 33.5 Å². The molecular weight excluding hydrogens is 312 g/mol. The highest BCUT2D eigenvalue weighted by Gasteiger charge is 2.21. The number of para-hydroxylation sites is 1. The fourth-order valence-corrected chi connectivity index (χ4v) is 3.57. The summed E-state index contributed by atoms with van der Waals surface area (Å²) in [7, 11) is 0. The summed E-state index contributed by atoms with van der Waals surface area (Å²) in [5, 5.41) is 3.14. The Morgan fingerprint density at radius 3 is 2.70 bits per heavy atom. The summed E-state index contributed by atoms with van der Waals surface area (Å²) in [6.07, 6.45) is 2.36. The molecule has 1 heterocycles.